The first-order chi connectivity index (χ1) is 10.1. The summed E-state index contributed by atoms with van der Waals surface area (Å²) in [5, 5.41) is 7.06. The molecule has 0 unspecified atom stereocenters. The van der Waals surface area contributed by atoms with Gasteiger partial charge in [-0.15, -0.1) is 0 Å². The molecule has 0 bridgehead atoms. The van der Waals surface area contributed by atoms with Crippen LogP contribution in [0, 0.1) is 0 Å². The number of methoxy groups -OCH3 is 1. The van der Waals surface area contributed by atoms with Crippen LogP contribution in [0.1, 0.15) is 17.7 Å². The molecule has 0 aromatic carbocycles. The molecule has 0 spiro atoms. The fourth-order valence-electron chi connectivity index (χ4n) is 1.83. The summed E-state index contributed by atoms with van der Waals surface area (Å²) >= 11 is 3.26. The first kappa shape index (κ1) is 16.0. The van der Waals surface area contributed by atoms with E-state index in [4.69, 9.17) is 4.74 Å². The maximum absolute atomic E-state index is 13.3. The van der Waals surface area contributed by atoms with Crippen LogP contribution in [0.5, 0.6) is 0 Å². The summed E-state index contributed by atoms with van der Waals surface area (Å²) in [4.78, 5) is 4.09. The van der Waals surface area contributed by atoms with Crippen LogP contribution in [-0.4, -0.2) is 35.0 Å². The minimum absolute atomic E-state index is 0.144. The lowest BCUT2D eigenvalue weighted by molar-refractivity contribution is 0.141. The molecule has 0 saturated carbocycles. The van der Waals surface area contributed by atoms with Gasteiger partial charge in [-0.1, -0.05) is 0 Å². The second kappa shape index (κ2) is 7.58. The molecular weight excluding hydrogens is 346 g/mol. The number of ether oxygens (including phenoxy) is 1. The average Bonchev–Trinajstić information content (AvgIpc) is 2.88. The molecule has 2 aromatic heterocycles. The number of aromatic nitrogens is 3. The summed E-state index contributed by atoms with van der Waals surface area (Å²) in [6.45, 7) is 1.41. The number of pyridine rings is 1. The topological polar surface area (TPSA) is 52.0 Å². The van der Waals surface area contributed by atoms with E-state index in [0.29, 0.717) is 31.1 Å². The predicted molar refractivity (Wildman–Crippen MR) is 77.6 cm³/mol. The lowest BCUT2D eigenvalue weighted by Gasteiger charge is -2.09. The highest BCUT2D eigenvalue weighted by atomic mass is 79.9. The van der Waals surface area contributed by atoms with E-state index in [1.807, 2.05) is 0 Å². The van der Waals surface area contributed by atoms with Gasteiger partial charge in [0.1, 0.15) is 5.69 Å². The van der Waals surface area contributed by atoms with Crippen molar-refractivity contribution in [1.82, 2.24) is 20.1 Å². The Balaban J connectivity index is 2.22. The van der Waals surface area contributed by atoms with Crippen LogP contribution < -0.4 is 5.32 Å². The number of nitrogens with one attached hydrogen (secondary N) is 1. The quantitative estimate of drug-likeness (QED) is 0.771. The standard InChI is InChI=1S/C13H15BrF2N4O/c1-21-5-4-17-6-9-7-19-20(12(9)13(15)16)11-3-2-10(14)8-18-11/h2-3,7-8,13,17H,4-6H2,1H3. The lowest BCUT2D eigenvalue weighted by Crippen LogP contribution is -2.19. The van der Waals surface area contributed by atoms with Gasteiger partial charge in [0.15, 0.2) is 5.82 Å². The van der Waals surface area contributed by atoms with Crippen LogP contribution in [0.2, 0.25) is 0 Å². The molecule has 1 N–H and O–H groups in total. The van der Waals surface area contributed by atoms with Gasteiger partial charge in [-0.2, -0.15) is 5.10 Å². The monoisotopic (exact) mass is 360 g/mol. The van der Waals surface area contributed by atoms with Gasteiger partial charge in [-0.3, -0.25) is 0 Å². The number of hydrogen-bond donors (Lipinski definition) is 1. The van der Waals surface area contributed by atoms with E-state index in [1.165, 1.54) is 10.9 Å². The van der Waals surface area contributed by atoms with E-state index in [2.05, 4.69) is 31.3 Å². The fourth-order valence-corrected chi connectivity index (χ4v) is 2.07. The first-order valence-electron chi connectivity index (χ1n) is 6.30. The van der Waals surface area contributed by atoms with Crippen molar-refractivity contribution < 1.29 is 13.5 Å². The van der Waals surface area contributed by atoms with Gasteiger partial charge >= 0.3 is 0 Å². The van der Waals surface area contributed by atoms with Crippen molar-refractivity contribution in [2.45, 2.75) is 13.0 Å². The lowest BCUT2D eigenvalue weighted by atomic mass is 10.2. The Bertz CT molecular complexity index is 574. The molecule has 0 aliphatic heterocycles. The highest BCUT2D eigenvalue weighted by molar-refractivity contribution is 9.10. The van der Waals surface area contributed by atoms with Crippen molar-refractivity contribution in [3.8, 4) is 5.82 Å². The Morgan fingerprint density at radius 2 is 2.19 bits per heavy atom. The summed E-state index contributed by atoms with van der Waals surface area (Å²) < 4.78 is 33.5. The molecule has 0 amide bonds. The highest BCUT2D eigenvalue weighted by Crippen LogP contribution is 2.25. The van der Waals surface area contributed by atoms with Crippen LogP contribution in [0.4, 0.5) is 8.78 Å². The fraction of sp³-hybridized carbons (Fsp3) is 0.385. The van der Waals surface area contributed by atoms with E-state index in [0.717, 1.165) is 4.47 Å². The number of alkyl halides is 2. The summed E-state index contributed by atoms with van der Waals surface area (Å²) in [6.07, 6.45) is 0.352. The largest absolute Gasteiger partial charge is 0.383 e. The van der Waals surface area contributed by atoms with Gasteiger partial charge in [-0.05, 0) is 28.1 Å². The Hall–Kier alpha value is -1.38. The SMILES string of the molecule is COCCNCc1cnn(-c2ccc(Br)cn2)c1C(F)F. The Morgan fingerprint density at radius 1 is 1.38 bits per heavy atom. The van der Waals surface area contributed by atoms with Gasteiger partial charge in [0.05, 0.1) is 12.8 Å². The van der Waals surface area contributed by atoms with Gasteiger partial charge in [0, 0.05) is 36.4 Å². The van der Waals surface area contributed by atoms with E-state index in [-0.39, 0.29) is 5.69 Å². The molecule has 0 saturated heterocycles. The molecule has 0 radical (unpaired) electrons. The molecule has 0 aliphatic carbocycles. The molecule has 114 valence electrons. The minimum Gasteiger partial charge on any atom is -0.383 e. The molecule has 2 heterocycles. The Morgan fingerprint density at radius 3 is 2.81 bits per heavy atom. The molecular formula is C13H15BrF2N4O. The summed E-state index contributed by atoms with van der Waals surface area (Å²) in [7, 11) is 1.59. The van der Waals surface area contributed by atoms with E-state index in [9.17, 15) is 8.78 Å². The number of halogens is 3. The van der Waals surface area contributed by atoms with Crippen molar-refractivity contribution >= 4 is 15.9 Å². The maximum atomic E-state index is 13.3. The third-order valence-electron chi connectivity index (χ3n) is 2.82. The molecule has 5 nitrogen and oxygen atoms in total. The molecule has 2 rings (SSSR count). The van der Waals surface area contributed by atoms with Crippen molar-refractivity contribution in [1.29, 1.82) is 0 Å². The summed E-state index contributed by atoms with van der Waals surface area (Å²) in [5.41, 5.74) is 0.306. The average molecular weight is 361 g/mol. The van der Waals surface area contributed by atoms with E-state index < -0.39 is 6.43 Å². The third kappa shape index (κ3) is 4.05. The van der Waals surface area contributed by atoms with E-state index >= 15 is 0 Å². The minimum atomic E-state index is -2.63. The van der Waals surface area contributed by atoms with E-state index in [1.54, 1.807) is 25.4 Å². The summed E-state index contributed by atoms with van der Waals surface area (Å²) in [5.74, 6) is 0.358. The first-order valence-corrected chi connectivity index (χ1v) is 7.09. The molecule has 21 heavy (non-hydrogen) atoms. The second-order valence-electron chi connectivity index (χ2n) is 4.27. The van der Waals surface area contributed by atoms with Gasteiger partial charge < -0.3 is 10.1 Å². The van der Waals surface area contributed by atoms with Crippen molar-refractivity contribution in [3.05, 3.63) is 40.3 Å². The Labute approximate surface area is 129 Å². The molecule has 0 atom stereocenters. The van der Waals surface area contributed by atoms with Crippen molar-refractivity contribution in [2.24, 2.45) is 0 Å². The van der Waals surface area contributed by atoms with Crippen LogP contribution in [0.15, 0.2) is 29.0 Å². The smallest absolute Gasteiger partial charge is 0.280 e. The van der Waals surface area contributed by atoms with Crippen LogP contribution in [-0.2, 0) is 11.3 Å². The van der Waals surface area contributed by atoms with Crippen LogP contribution >= 0.6 is 15.9 Å². The zero-order valence-corrected chi connectivity index (χ0v) is 13.0. The zero-order chi connectivity index (χ0) is 15.2. The number of nitrogens with zero attached hydrogens (tertiary/aromatic N) is 3. The maximum Gasteiger partial charge on any atom is 0.280 e. The van der Waals surface area contributed by atoms with Crippen molar-refractivity contribution in [2.75, 3.05) is 20.3 Å². The van der Waals surface area contributed by atoms with Gasteiger partial charge in [-0.25, -0.2) is 18.4 Å². The number of rotatable bonds is 7. The van der Waals surface area contributed by atoms with Crippen LogP contribution in [0.25, 0.3) is 5.82 Å². The normalized spacial score (nSPS) is 11.3. The molecule has 0 aliphatic rings. The molecule has 0 fully saturated rings. The molecule has 8 heteroatoms. The van der Waals surface area contributed by atoms with Crippen LogP contribution in [0.3, 0.4) is 0 Å². The number of hydrogen-bond acceptors (Lipinski definition) is 4. The van der Waals surface area contributed by atoms with Gasteiger partial charge in [0.2, 0.25) is 0 Å². The van der Waals surface area contributed by atoms with Gasteiger partial charge in [0.25, 0.3) is 6.43 Å². The zero-order valence-electron chi connectivity index (χ0n) is 11.4. The van der Waals surface area contributed by atoms with Crippen molar-refractivity contribution in [3.63, 3.8) is 0 Å². The second-order valence-corrected chi connectivity index (χ2v) is 5.19. The third-order valence-corrected chi connectivity index (χ3v) is 3.29. The Kier molecular flexibility index (Phi) is 5.77. The highest BCUT2D eigenvalue weighted by Gasteiger charge is 2.21. The summed E-state index contributed by atoms with van der Waals surface area (Å²) in [6, 6.07) is 3.36. The molecule has 2 aromatic rings. The predicted octanol–water partition coefficient (Wildman–Crippen LogP) is 2.70.